The molecule has 1 amide bonds. The third-order valence-electron chi connectivity index (χ3n) is 4.32. The summed E-state index contributed by atoms with van der Waals surface area (Å²) in [7, 11) is 0. The molecule has 2 heterocycles. The minimum Gasteiger partial charge on any atom is -0.388 e. The number of aromatic nitrogens is 2. The fourth-order valence-electron chi connectivity index (χ4n) is 3.14. The van der Waals surface area contributed by atoms with Crippen LogP contribution in [0.4, 0.5) is 8.78 Å². The molecule has 1 unspecified atom stereocenters. The van der Waals surface area contributed by atoms with Gasteiger partial charge in [0.05, 0.1) is 23.4 Å². The normalized spacial score (nSPS) is 18.2. The van der Waals surface area contributed by atoms with E-state index < -0.39 is 17.2 Å². The Balaban J connectivity index is 1.86. The maximum absolute atomic E-state index is 13.8. The Morgan fingerprint density at radius 1 is 1.38 bits per heavy atom. The van der Waals surface area contributed by atoms with Crippen LogP contribution in [0, 0.1) is 11.6 Å². The average Bonchev–Trinajstić information content (AvgIpc) is 3.15. The van der Waals surface area contributed by atoms with Gasteiger partial charge < -0.3 is 10.0 Å². The van der Waals surface area contributed by atoms with Gasteiger partial charge in [0, 0.05) is 18.8 Å². The van der Waals surface area contributed by atoms with E-state index >= 15 is 0 Å². The summed E-state index contributed by atoms with van der Waals surface area (Å²) >= 11 is 0. The van der Waals surface area contributed by atoms with Gasteiger partial charge in [-0.1, -0.05) is 0 Å². The van der Waals surface area contributed by atoms with Crippen LogP contribution >= 0.6 is 0 Å². The summed E-state index contributed by atoms with van der Waals surface area (Å²) in [5.41, 5.74) is -0.628. The Kier molecular flexibility index (Phi) is 4.13. The van der Waals surface area contributed by atoms with Crippen molar-refractivity contribution in [2.24, 2.45) is 0 Å². The van der Waals surface area contributed by atoms with Gasteiger partial charge in [0.15, 0.2) is 5.82 Å². The van der Waals surface area contributed by atoms with E-state index in [0.29, 0.717) is 12.1 Å². The Hall–Kier alpha value is -2.28. The minimum absolute atomic E-state index is 0.0657. The molecule has 1 N–H and O–H groups in total. The fraction of sp³-hybridized carbons (Fsp3) is 0.412. The highest BCUT2D eigenvalue weighted by Crippen LogP contribution is 2.28. The third-order valence-corrected chi connectivity index (χ3v) is 4.32. The van der Waals surface area contributed by atoms with Crippen molar-refractivity contribution < 1.29 is 18.7 Å². The fourth-order valence-corrected chi connectivity index (χ4v) is 3.14. The molecule has 1 fully saturated rings. The standard InChI is InChI=1S/C17H19F2N3O2/c1-17(2,24)15-4-3-7-21(15)16(23)11-9-20-22(10-11)14-6-5-12(18)8-13(14)19/h5-6,8-10,15,24H,3-4,7H2,1-2H3. The summed E-state index contributed by atoms with van der Waals surface area (Å²) in [4.78, 5) is 14.3. The zero-order valence-electron chi connectivity index (χ0n) is 13.5. The number of likely N-dealkylation sites (tertiary alicyclic amines) is 1. The zero-order chi connectivity index (χ0) is 17.5. The quantitative estimate of drug-likeness (QED) is 0.938. The zero-order valence-corrected chi connectivity index (χ0v) is 13.5. The van der Waals surface area contributed by atoms with Crippen molar-refractivity contribution in [1.82, 2.24) is 14.7 Å². The SMILES string of the molecule is CC(C)(O)C1CCCN1C(=O)c1cnn(-c2ccc(F)cc2F)c1. The van der Waals surface area contributed by atoms with Crippen LogP contribution in [0.2, 0.25) is 0 Å². The molecule has 0 radical (unpaired) electrons. The van der Waals surface area contributed by atoms with Gasteiger partial charge in [-0.25, -0.2) is 13.5 Å². The number of hydrogen-bond donors (Lipinski definition) is 1. The molecule has 128 valence electrons. The maximum atomic E-state index is 13.8. The second kappa shape index (κ2) is 5.98. The van der Waals surface area contributed by atoms with E-state index in [0.717, 1.165) is 25.0 Å². The van der Waals surface area contributed by atoms with Gasteiger partial charge in [-0.2, -0.15) is 5.10 Å². The van der Waals surface area contributed by atoms with Crippen molar-refractivity contribution in [3.63, 3.8) is 0 Å². The highest BCUT2D eigenvalue weighted by atomic mass is 19.1. The molecule has 1 aliphatic heterocycles. The van der Waals surface area contributed by atoms with E-state index in [-0.39, 0.29) is 17.6 Å². The van der Waals surface area contributed by atoms with E-state index in [1.165, 1.54) is 23.1 Å². The first kappa shape index (κ1) is 16.6. The van der Waals surface area contributed by atoms with Crippen molar-refractivity contribution in [3.05, 3.63) is 47.8 Å². The third kappa shape index (κ3) is 3.03. The van der Waals surface area contributed by atoms with E-state index in [4.69, 9.17) is 0 Å². The van der Waals surface area contributed by atoms with E-state index in [1.54, 1.807) is 18.7 Å². The molecule has 3 rings (SSSR count). The largest absolute Gasteiger partial charge is 0.388 e. The summed E-state index contributed by atoms with van der Waals surface area (Å²) in [5, 5.41) is 14.2. The molecular weight excluding hydrogens is 316 g/mol. The van der Waals surface area contributed by atoms with Crippen LogP contribution in [-0.2, 0) is 0 Å². The van der Waals surface area contributed by atoms with E-state index in [1.807, 2.05) is 0 Å². The number of nitrogens with zero attached hydrogens (tertiary/aromatic N) is 3. The van der Waals surface area contributed by atoms with Gasteiger partial charge in [0.1, 0.15) is 11.5 Å². The average molecular weight is 335 g/mol. The molecule has 0 aliphatic carbocycles. The molecule has 1 saturated heterocycles. The lowest BCUT2D eigenvalue weighted by molar-refractivity contribution is 0.000334. The summed E-state index contributed by atoms with van der Waals surface area (Å²) in [6.45, 7) is 3.92. The van der Waals surface area contributed by atoms with Crippen LogP contribution in [0.3, 0.4) is 0 Å². The van der Waals surface area contributed by atoms with Crippen LogP contribution in [0.15, 0.2) is 30.6 Å². The van der Waals surface area contributed by atoms with Crippen molar-refractivity contribution in [3.8, 4) is 5.69 Å². The Bertz CT molecular complexity index is 767. The van der Waals surface area contributed by atoms with Crippen LogP contribution < -0.4 is 0 Å². The first-order valence-electron chi connectivity index (χ1n) is 7.81. The Morgan fingerprint density at radius 2 is 2.12 bits per heavy atom. The summed E-state index contributed by atoms with van der Waals surface area (Å²) in [5.74, 6) is -1.69. The van der Waals surface area contributed by atoms with E-state index in [9.17, 15) is 18.7 Å². The first-order chi connectivity index (χ1) is 11.3. The number of carbonyl (C=O) groups excluding carboxylic acids is 1. The minimum atomic E-state index is -0.995. The van der Waals surface area contributed by atoms with Gasteiger partial charge in [0.25, 0.3) is 5.91 Å². The number of hydrogen-bond acceptors (Lipinski definition) is 3. The van der Waals surface area contributed by atoms with Crippen molar-refractivity contribution >= 4 is 5.91 Å². The van der Waals surface area contributed by atoms with Gasteiger partial charge >= 0.3 is 0 Å². The summed E-state index contributed by atoms with van der Waals surface area (Å²) in [6, 6.07) is 2.90. The maximum Gasteiger partial charge on any atom is 0.257 e. The number of carbonyl (C=O) groups is 1. The Morgan fingerprint density at radius 3 is 2.79 bits per heavy atom. The molecule has 0 spiro atoms. The second-order valence-corrected chi connectivity index (χ2v) is 6.58. The predicted molar refractivity (Wildman–Crippen MR) is 83.8 cm³/mol. The molecule has 0 bridgehead atoms. The predicted octanol–water partition coefficient (Wildman–Crippen LogP) is 2.53. The highest BCUT2D eigenvalue weighted by Gasteiger charge is 2.39. The van der Waals surface area contributed by atoms with Crippen LogP contribution in [-0.4, -0.2) is 43.9 Å². The van der Waals surface area contributed by atoms with Crippen LogP contribution in [0.1, 0.15) is 37.0 Å². The smallest absolute Gasteiger partial charge is 0.257 e. The molecule has 0 saturated carbocycles. The second-order valence-electron chi connectivity index (χ2n) is 6.58. The molecule has 1 aromatic heterocycles. The van der Waals surface area contributed by atoms with Crippen LogP contribution in [0.5, 0.6) is 0 Å². The van der Waals surface area contributed by atoms with Gasteiger partial charge in [-0.3, -0.25) is 4.79 Å². The molecule has 5 nitrogen and oxygen atoms in total. The topological polar surface area (TPSA) is 58.4 Å². The lowest BCUT2D eigenvalue weighted by Crippen LogP contribution is -2.48. The molecule has 1 aliphatic rings. The van der Waals surface area contributed by atoms with E-state index in [2.05, 4.69) is 5.10 Å². The Labute approximate surface area is 138 Å². The number of aliphatic hydroxyl groups is 1. The monoisotopic (exact) mass is 335 g/mol. The molecule has 1 aromatic carbocycles. The first-order valence-corrected chi connectivity index (χ1v) is 7.81. The molecule has 24 heavy (non-hydrogen) atoms. The molecular formula is C17H19F2N3O2. The number of benzene rings is 1. The number of rotatable bonds is 3. The number of halogens is 2. The van der Waals surface area contributed by atoms with Gasteiger partial charge in [-0.05, 0) is 38.8 Å². The molecule has 1 atom stereocenters. The van der Waals surface area contributed by atoms with Crippen LogP contribution in [0.25, 0.3) is 5.69 Å². The van der Waals surface area contributed by atoms with Crippen molar-refractivity contribution in [2.75, 3.05) is 6.54 Å². The highest BCUT2D eigenvalue weighted by molar-refractivity contribution is 5.94. The lowest BCUT2D eigenvalue weighted by atomic mass is 9.96. The summed E-state index contributed by atoms with van der Waals surface area (Å²) in [6.07, 6.45) is 4.32. The molecule has 2 aromatic rings. The van der Waals surface area contributed by atoms with Crippen molar-refractivity contribution in [1.29, 1.82) is 0 Å². The van der Waals surface area contributed by atoms with Gasteiger partial charge in [-0.15, -0.1) is 0 Å². The molecule has 7 heteroatoms. The van der Waals surface area contributed by atoms with Crippen molar-refractivity contribution in [2.45, 2.75) is 38.3 Å². The number of amides is 1. The van der Waals surface area contributed by atoms with Gasteiger partial charge in [0.2, 0.25) is 0 Å². The lowest BCUT2D eigenvalue weighted by Gasteiger charge is -2.33. The summed E-state index contributed by atoms with van der Waals surface area (Å²) < 4.78 is 28.0.